The molecule has 2 aromatic heterocycles. The largest absolute Gasteiger partial charge is 0.493 e. The van der Waals surface area contributed by atoms with Gasteiger partial charge in [-0.1, -0.05) is 37.3 Å². The van der Waals surface area contributed by atoms with Crippen LogP contribution in [0.15, 0.2) is 53.3 Å². The molecule has 1 N–H and O–H groups in total. The fraction of sp³-hybridized carbons (Fsp3) is 0.448. The minimum Gasteiger partial charge on any atom is -0.493 e. The first-order valence-electron chi connectivity index (χ1n) is 13.4. The van der Waals surface area contributed by atoms with Gasteiger partial charge in [0.15, 0.2) is 17.3 Å². The van der Waals surface area contributed by atoms with E-state index in [4.69, 9.17) is 9.47 Å². The molecule has 3 heterocycles. The maximum Gasteiger partial charge on any atom is 0.253 e. The highest BCUT2D eigenvalue weighted by atomic mass is 16.5. The number of aromatic amines is 1. The van der Waals surface area contributed by atoms with Crippen LogP contribution in [0.25, 0.3) is 10.9 Å². The molecule has 0 saturated carbocycles. The Morgan fingerprint density at radius 3 is 2.36 bits per heavy atom. The number of aromatic nitrogens is 5. The molecule has 0 spiro atoms. The van der Waals surface area contributed by atoms with E-state index in [9.17, 15) is 4.79 Å². The number of pyridine rings is 1. The minimum absolute atomic E-state index is 0.171. The number of hydrogen-bond donors (Lipinski definition) is 1. The van der Waals surface area contributed by atoms with Gasteiger partial charge in [0, 0.05) is 49.7 Å². The van der Waals surface area contributed by atoms with Crippen molar-refractivity contribution in [1.82, 2.24) is 35.0 Å². The summed E-state index contributed by atoms with van der Waals surface area (Å²) in [4.78, 5) is 21.5. The normalized spacial score (nSPS) is 15.9. The van der Waals surface area contributed by atoms with Gasteiger partial charge in [-0.25, -0.2) is 4.68 Å². The molecule has 1 atom stereocenters. The topological polar surface area (TPSA) is 101 Å². The summed E-state index contributed by atoms with van der Waals surface area (Å²) >= 11 is 0. The lowest BCUT2D eigenvalue weighted by Crippen LogP contribution is -2.49. The molecule has 206 valence electrons. The molecule has 4 aromatic rings. The maximum atomic E-state index is 13.7. The molecule has 10 heteroatoms. The summed E-state index contributed by atoms with van der Waals surface area (Å²) in [7, 11) is 3.19. The van der Waals surface area contributed by atoms with E-state index < -0.39 is 6.04 Å². The van der Waals surface area contributed by atoms with Crippen molar-refractivity contribution in [3.05, 3.63) is 75.8 Å². The number of methoxy groups -OCH3 is 2. The number of nitrogens with one attached hydrogen (secondary N) is 1. The van der Waals surface area contributed by atoms with E-state index in [0.29, 0.717) is 28.4 Å². The predicted octanol–water partition coefficient (Wildman–Crippen LogP) is 3.58. The molecule has 0 amide bonds. The number of tetrazole rings is 1. The first-order chi connectivity index (χ1) is 18.8. The predicted molar refractivity (Wildman–Crippen MR) is 150 cm³/mol. The second kappa shape index (κ2) is 11.2. The monoisotopic (exact) mass is 531 g/mol. The van der Waals surface area contributed by atoms with Crippen LogP contribution in [0.1, 0.15) is 50.2 Å². The Hall–Kier alpha value is -3.76. The van der Waals surface area contributed by atoms with E-state index in [1.165, 1.54) is 5.56 Å². The Morgan fingerprint density at radius 2 is 1.69 bits per heavy atom. The van der Waals surface area contributed by atoms with Crippen molar-refractivity contribution in [3.63, 3.8) is 0 Å². The summed E-state index contributed by atoms with van der Waals surface area (Å²) in [6, 6.07) is 15.7. The number of fused-ring (bicyclic) bond motifs is 1. The molecule has 10 nitrogen and oxygen atoms in total. The zero-order chi connectivity index (χ0) is 27.6. The molecule has 39 heavy (non-hydrogen) atoms. The highest BCUT2D eigenvalue weighted by Crippen LogP contribution is 2.34. The van der Waals surface area contributed by atoms with Crippen LogP contribution in [0.2, 0.25) is 0 Å². The number of piperazine rings is 1. The summed E-state index contributed by atoms with van der Waals surface area (Å²) in [5, 5.41) is 13.8. The van der Waals surface area contributed by atoms with Crippen molar-refractivity contribution in [1.29, 1.82) is 0 Å². The van der Waals surface area contributed by atoms with Gasteiger partial charge in [0.2, 0.25) is 0 Å². The Kier molecular flexibility index (Phi) is 7.67. The summed E-state index contributed by atoms with van der Waals surface area (Å²) in [5.41, 5.74) is 2.10. The first-order valence-corrected chi connectivity index (χ1v) is 13.4. The smallest absolute Gasteiger partial charge is 0.253 e. The highest BCUT2D eigenvalue weighted by molar-refractivity contribution is 5.83. The molecule has 1 saturated heterocycles. The molecular weight excluding hydrogens is 494 g/mol. The van der Waals surface area contributed by atoms with Gasteiger partial charge in [-0.2, -0.15) is 0 Å². The van der Waals surface area contributed by atoms with Crippen LogP contribution in [0, 0.1) is 0 Å². The highest BCUT2D eigenvalue weighted by Gasteiger charge is 2.35. The average Bonchev–Trinajstić information content (AvgIpc) is 3.45. The van der Waals surface area contributed by atoms with Gasteiger partial charge in [0.25, 0.3) is 5.56 Å². The maximum absolute atomic E-state index is 13.7. The summed E-state index contributed by atoms with van der Waals surface area (Å²) < 4.78 is 12.9. The molecule has 1 fully saturated rings. The van der Waals surface area contributed by atoms with Crippen molar-refractivity contribution in [2.24, 2.45) is 0 Å². The lowest BCUT2D eigenvalue weighted by Gasteiger charge is -2.39. The Labute approximate surface area is 228 Å². The Balaban J connectivity index is 1.55. The van der Waals surface area contributed by atoms with Crippen LogP contribution in [0.3, 0.4) is 0 Å². The third-order valence-corrected chi connectivity index (χ3v) is 7.87. The van der Waals surface area contributed by atoms with Gasteiger partial charge in [0.1, 0.15) is 6.04 Å². The van der Waals surface area contributed by atoms with Gasteiger partial charge in [0.05, 0.1) is 25.3 Å². The van der Waals surface area contributed by atoms with Crippen LogP contribution >= 0.6 is 0 Å². The molecular formula is C29H37N7O3. The number of hydrogen-bond acceptors (Lipinski definition) is 8. The van der Waals surface area contributed by atoms with E-state index in [1.54, 1.807) is 20.3 Å². The molecule has 5 rings (SSSR count). The van der Waals surface area contributed by atoms with Crippen LogP contribution in [-0.2, 0) is 12.1 Å². The number of rotatable bonds is 9. The van der Waals surface area contributed by atoms with E-state index in [2.05, 4.69) is 75.3 Å². The zero-order valence-electron chi connectivity index (χ0n) is 23.3. The van der Waals surface area contributed by atoms with E-state index in [1.807, 2.05) is 22.9 Å². The van der Waals surface area contributed by atoms with E-state index >= 15 is 0 Å². The van der Waals surface area contributed by atoms with Crippen LogP contribution < -0.4 is 15.0 Å². The van der Waals surface area contributed by atoms with Gasteiger partial charge in [-0.05, 0) is 48.4 Å². The third-order valence-electron chi connectivity index (χ3n) is 7.87. The van der Waals surface area contributed by atoms with Crippen LogP contribution in [-0.4, -0.2) is 75.4 Å². The van der Waals surface area contributed by atoms with E-state index in [-0.39, 0.29) is 11.1 Å². The fourth-order valence-electron chi connectivity index (χ4n) is 5.22. The van der Waals surface area contributed by atoms with Gasteiger partial charge in [-0.3, -0.25) is 14.6 Å². The lowest BCUT2D eigenvalue weighted by atomic mass is 9.98. The molecule has 1 aliphatic heterocycles. The number of nitrogens with zero attached hydrogens (tertiary/aromatic N) is 6. The van der Waals surface area contributed by atoms with Crippen molar-refractivity contribution in [2.75, 3.05) is 40.4 Å². The second-order valence-electron chi connectivity index (χ2n) is 10.7. The zero-order valence-corrected chi connectivity index (χ0v) is 23.3. The summed E-state index contributed by atoms with van der Waals surface area (Å²) in [5.74, 6) is 1.84. The molecule has 0 radical (unpaired) electrons. The van der Waals surface area contributed by atoms with Gasteiger partial charge in [-0.15, -0.1) is 5.10 Å². The molecule has 1 aliphatic rings. The van der Waals surface area contributed by atoms with Gasteiger partial charge >= 0.3 is 0 Å². The summed E-state index contributed by atoms with van der Waals surface area (Å²) in [6.45, 7) is 10.6. The third kappa shape index (κ3) is 5.39. The molecule has 0 bridgehead atoms. The SMILES string of the molecule is CCC(C)(C)n1nnnc1C(c1cc2cc(OC)c(OC)cc2[nH]c1=O)N1CCN(Cc2ccccc2)CC1. The minimum atomic E-state index is -0.411. The molecule has 2 aromatic carbocycles. The number of benzene rings is 2. The van der Waals surface area contributed by atoms with Crippen molar-refractivity contribution in [3.8, 4) is 11.5 Å². The standard InChI is InChI=1S/C29H37N7O3/c1-6-29(2,3)36-27(31-32-33-36)26(35-14-12-34(13-15-35)19-20-10-8-7-9-11-20)22-16-21-17-24(38-4)25(39-5)18-23(21)30-28(22)37/h7-11,16-18,26H,6,12-15,19H2,1-5H3,(H,30,37). The van der Waals surface area contributed by atoms with Crippen LogP contribution in [0.5, 0.6) is 11.5 Å². The quantitative estimate of drug-likeness (QED) is 0.350. The number of H-pyrrole nitrogens is 1. The van der Waals surface area contributed by atoms with E-state index in [0.717, 1.165) is 44.5 Å². The van der Waals surface area contributed by atoms with Crippen LogP contribution in [0.4, 0.5) is 0 Å². The van der Waals surface area contributed by atoms with Crippen molar-refractivity contribution >= 4 is 10.9 Å². The lowest BCUT2D eigenvalue weighted by molar-refractivity contribution is 0.0968. The molecule has 1 unspecified atom stereocenters. The van der Waals surface area contributed by atoms with Crippen molar-refractivity contribution in [2.45, 2.75) is 45.3 Å². The first kappa shape index (κ1) is 26.8. The second-order valence-corrected chi connectivity index (χ2v) is 10.7. The van der Waals surface area contributed by atoms with Crippen molar-refractivity contribution < 1.29 is 9.47 Å². The fourth-order valence-corrected chi connectivity index (χ4v) is 5.22. The molecule has 0 aliphatic carbocycles. The summed E-state index contributed by atoms with van der Waals surface area (Å²) in [6.07, 6.45) is 0.841. The average molecular weight is 532 g/mol. The van der Waals surface area contributed by atoms with Gasteiger partial charge < -0.3 is 14.5 Å². The number of ether oxygens (including phenoxy) is 2. The Bertz CT molecular complexity index is 1470. The Morgan fingerprint density at radius 1 is 1.00 bits per heavy atom.